The molecule has 0 unspecified atom stereocenters. The van der Waals surface area contributed by atoms with Gasteiger partial charge in [-0.1, -0.05) is 18.2 Å². The number of benzene rings is 3. The predicted octanol–water partition coefficient (Wildman–Crippen LogP) is 6.51. The van der Waals surface area contributed by atoms with Gasteiger partial charge >= 0.3 is 0 Å². The fourth-order valence-corrected chi connectivity index (χ4v) is 6.42. The first kappa shape index (κ1) is 26.0. The summed E-state index contributed by atoms with van der Waals surface area (Å²) in [5.74, 6) is 2.55. The summed E-state index contributed by atoms with van der Waals surface area (Å²) in [7, 11) is -3.76. The van der Waals surface area contributed by atoms with Gasteiger partial charge in [-0.3, -0.25) is 4.72 Å². The molecular weight excluding hydrogens is 500 g/mol. The van der Waals surface area contributed by atoms with Crippen molar-refractivity contribution in [2.75, 3.05) is 29.9 Å². The third-order valence-corrected chi connectivity index (χ3v) is 8.37. The first-order valence-corrected chi connectivity index (χ1v) is 14.6. The number of fused-ring (bicyclic) bond motifs is 3. The second-order valence-corrected chi connectivity index (χ2v) is 11.0. The van der Waals surface area contributed by atoms with Crippen molar-refractivity contribution in [1.82, 2.24) is 0 Å². The molecule has 0 radical (unpaired) electrons. The van der Waals surface area contributed by atoms with Gasteiger partial charge < -0.3 is 19.5 Å². The van der Waals surface area contributed by atoms with E-state index in [-0.39, 0.29) is 22.8 Å². The molecule has 5 rings (SSSR count). The predicted molar refractivity (Wildman–Crippen MR) is 150 cm³/mol. The molecule has 3 aromatic carbocycles. The topological polar surface area (TPSA) is 85.9 Å². The summed E-state index contributed by atoms with van der Waals surface area (Å²) < 4.78 is 46.3. The molecule has 2 aliphatic rings. The highest BCUT2D eigenvalue weighted by Gasteiger charge is 2.38. The van der Waals surface area contributed by atoms with Crippen molar-refractivity contribution in [3.05, 3.63) is 83.9 Å². The van der Waals surface area contributed by atoms with Crippen LogP contribution in [0.2, 0.25) is 0 Å². The van der Waals surface area contributed by atoms with Gasteiger partial charge in [-0.25, -0.2) is 8.42 Å². The Morgan fingerprint density at radius 1 is 0.868 bits per heavy atom. The summed E-state index contributed by atoms with van der Waals surface area (Å²) in [4.78, 5) is 0.240. The number of allylic oxidation sites excluding steroid dienone is 2. The number of rotatable bonds is 10. The van der Waals surface area contributed by atoms with Crippen LogP contribution in [0.4, 0.5) is 11.4 Å². The van der Waals surface area contributed by atoms with E-state index in [2.05, 4.69) is 34.3 Å². The largest absolute Gasteiger partial charge is 0.494 e. The first-order valence-electron chi connectivity index (χ1n) is 13.2. The molecule has 0 saturated carbocycles. The van der Waals surface area contributed by atoms with Gasteiger partial charge in [0.1, 0.15) is 5.75 Å². The molecule has 8 heteroatoms. The van der Waals surface area contributed by atoms with Crippen molar-refractivity contribution < 1.29 is 22.6 Å². The third kappa shape index (κ3) is 5.18. The van der Waals surface area contributed by atoms with E-state index < -0.39 is 10.0 Å². The van der Waals surface area contributed by atoms with Crippen molar-refractivity contribution in [2.45, 2.75) is 44.0 Å². The molecule has 0 bridgehead atoms. The number of ether oxygens (including phenoxy) is 3. The Hall–Kier alpha value is -3.65. The molecule has 1 heterocycles. The molecule has 1 aliphatic heterocycles. The molecule has 1 aliphatic carbocycles. The van der Waals surface area contributed by atoms with Gasteiger partial charge in [0.25, 0.3) is 10.0 Å². The highest BCUT2D eigenvalue weighted by atomic mass is 32.2. The van der Waals surface area contributed by atoms with E-state index in [1.165, 1.54) is 0 Å². The smallest absolute Gasteiger partial charge is 0.261 e. The highest BCUT2D eigenvalue weighted by Crippen LogP contribution is 2.51. The summed E-state index contributed by atoms with van der Waals surface area (Å²) in [6, 6.07) is 18.4. The minimum Gasteiger partial charge on any atom is -0.494 e. The van der Waals surface area contributed by atoms with Crippen LogP contribution in [0.25, 0.3) is 0 Å². The Labute approximate surface area is 224 Å². The molecular formula is C30H34N2O5S. The van der Waals surface area contributed by atoms with Crippen LogP contribution in [-0.2, 0) is 10.0 Å². The molecule has 0 aromatic heterocycles. The fraction of sp³-hybridized carbons (Fsp3) is 0.333. The summed E-state index contributed by atoms with van der Waals surface area (Å²) >= 11 is 0. The number of hydrogen-bond donors (Lipinski definition) is 2. The summed E-state index contributed by atoms with van der Waals surface area (Å²) in [6.07, 6.45) is 5.29. The molecule has 0 saturated heterocycles. The lowest BCUT2D eigenvalue weighted by molar-refractivity contribution is 0.287. The number of nitrogens with one attached hydrogen (secondary N) is 2. The molecule has 0 spiro atoms. The van der Waals surface area contributed by atoms with Crippen LogP contribution < -0.4 is 24.2 Å². The second kappa shape index (κ2) is 11.0. The van der Waals surface area contributed by atoms with Crippen LogP contribution >= 0.6 is 0 Å². The number of anilines is 2. The van der Waals surface area contributed by atoms with E-state index in [9.17, 15) is 8.42 Å². The third-order valence-electron chi connectivity index (χ3n) is 6.99. The van der Waals surface area contributed by atoms with Gasteiger partial charge in [0, 0.05) is 17.3 Å². The van der Waals surface area contributed by atoms with Crippen LogP contribution in [0.1, 0.15) is 50.3 Å². The lowest BCUT2D eigenvalue weighted by Crippen LogP contribution is -2.29. The van der Waals surface area contributed by atoms with Gasteiger partial charge in [-0.05, 0) is 98.8 Å². The Bertz CT molecular complexity index is 1420. The quantitative estimate of drug-likeness (QED) is 0.289. The molecule has 7 nitrogen and oxygen atoms in total. The van der Waals surface area contributed by atoms with Crippen LogP contribution in [0.15, 0.2) is 77.7 Å². The SMILES string of the molecule is CCOc1ccc(NS(=O)(=O)c2ccc3c(c2)[C@H]2C=CC[C@H]2[C@@H](c2ccc(OCC)c(OCC)c2)N3)cc1. The zero-order valence-electron chi connectivity index (χ0n) is 21.9. The standard InChI is InChI=1S/C30H34N2O5S/c1-4-35-22-13-11-21(12-14-22)32-38(33,34)23-15-16-27-26(19-23)24-8-7-9-25(24)30(31-27)20-10-17-28(36-5-2)29(18-20)37-6-3/h7-8,10-19,24-25,30-32H,4-6,9H2,1-3H3/t24-,25+,30+/m0/s1. The lowest BCUT2D eigenvalue weighted by Gasteiger charge is -2.38. The van der Waals surface area contributed by atoms with E-state index >= 15 is 0 Å². The monoisotopic (exact) mass is 534 g/mol. The average molecular weight is 535 g/mol. The van der Waals surface area contributed by atoms with Crippen LogP contribution in [0, 0.1) is 5.92 Å². The Morgan fingerprint density at radius 3 is 2.34 bits per heavy atom. The zero-order chi connectivity index (χ0) is 26.7. The Morgan fingerprint density at radius 2 is 1.61 bits per heavy atom. The van der Waals surface area contributed by atoms with Crippen molar-refractivity contribution in [3.63, 3.8) is 0 Å². The average Bonchev–Trinajstić information content (AvgIpc) is 3.41. The van der Waals surface area contributed by atoms with E-state index in [0.29, 0.717) is 31.3 Å². The van der Waals surface area contributed by atoms with Gasteiger partial charge in [0.15, 0.2) is 11.5 Å². The van der Waals surface area contributed by atoms with Crippen LogP contribution in [0.5, 0.6) is 17.2 Å². The first-order chi connectivity index (χ1) is 18.4. The van der Waals surface area contributed by atoms with Crippen molar-refractivity contribution in [1.29, 1.82) is 0 Å². The van der Waals surface area contributed by atoms with Crippen molar-refractivity contribution in [3.8, 4) is 17.2 Å². The van der Waals surface area contributed by atoms with Crippen molar-refractivity contribution >= 4 is 21.4 Å². The molecule has 3 aromatic rings. The molecule has 200 valence electrons. The minimum atomic E-state index is -3.76. The van der Waals surface area contributed by atoms with E-state index in [4.69, 9.17) is 14.2 Å². The molecule has 0 fully saturated rings. The fourth-order valence-electron chi connectivity index (χ4n) is 5.33. The van der Waals surface area contributed by atoms with Crippen molar-refractivity contribution in [2.24, 2.45) is 5.92 Å². The summed E-state index contributed by atoms with van der Waals surface area (Å²) in [6.45, 7) is 7.51. The molecule has 0 amide bonds. The maximum Gasteiger partial charge on any atom is 0.261 e. The summed E-state index contributed by atoms with van der Waals surface area (Å²) in [5, 5.41) is 3.69. The van der Waals surface area contributed by atoms with Gasteiger partial charge in [-0.15, -0.1) is 0 Å². The Balaban J connectivity index is 1.42. The van der Waals surface area contributed by atoms with Gasteiger partial charge in [-0.2, -0.15) is 0 Å². The Kier molecular flexibility index (Phi) is 7.51. The second-order valence-electron chi connectivity index (χ2n) is 9.36. The van der Waals surface area contributed by atoms with Gasteiger partial charge in [0.05, 0.1) is 30.8 Å². The van der Waals surface area contributed by atoms with Gasteiger partial charge in [0.2, 0.25) is 0 Å². The van der Waals surface area contributed by atoms with Crippen LogP contribution in [0.3, 0.4) is 0 Å². The highest BCUT2D eigenvalue weighted by molar-refractivity contribution is 7.92. The maximum atomic E-state index is 13.3. The number of hydrogen-bond acceptors (Lipinski definition) is 6. The minimum absolute atomic E-state index is 0.0572. The van der Waals surface area contributed by atoms with E-state index in [1.54, 1.807) is 36.4 Å². The molecule has 2 N–H and O–H groups in total. The zero-order valence-corrected chi connectivity index (χ0v) is 22.8. The summed E-state index contributed by atoms with van der Waals surface area (Å²) in [5.41, 5.74) is 3.54. The number of sulfonamides is 1. The van der Waals surface area contributed by atoms with Crippen LogP contribution in [-0.4, -0.2) is 28.2 Å². The molecule has 38 heavy (non-hydrogen) atoms. The molecule has 3 atom stereocenters. The lowest BCUT2D eigenvalue weighted by atomic mass is 9.77. The maximum absolute atomic E-state index is 13.3. The van der Waals surface area contributed by atoms with E-state index in [0.717, 1.165) is 34.7 Å². The van der Waals surface area contributed by atoms with E-state index in [1.807, 2.05) is 32.9 Å². The normalized spacial score (nSPS) is 19.7.